The van der Waals surface area contributed by atoms with E-state index in [1.807, 2.05) is 11.6 Å². The molecule has 0 saturated carbocycles. The van der Waals surface area contributed by atoms with Gasteiger partial charge in [-0.05, 0) is 43.2 Å². The van der Waals surface area contributed by atoms with Gasteiger partial charge >= 0.3 is 5.97 Å². The molecule has 0 atom stereocenters. The summed E-state index contributed by atoms with van der Waals surface area (Å²) in [7, 11) is 0. The minimum absolute atomic E-state index is 0.0290. The second kappa shape index (κ2) is 9.99. The van der Waals surface area contributed by atoms with Gasteiger partial charge in [0.05, 0.1) is 29.1 Å². The summed E-state index contributed by atoms with van der Waals surface area (Å²) in [4.78, 5) is 25.1. The second-order valence-electron chi connectivity index (χ2n) is 8.73. The van der Waals surface area contributed by atoms with E-state index < -0.39 is 12.4 Å². The van der Waals surface area contributed by atoms with E-state index in [0.717, 1.165) is 30.7 Å². The van der Waals surface area contributed by atoms with Gasteiger partial charge in [0.25, 0.3) is 12.3 Å². The summed E-state index contributed by atoms with van der Waals surface area (Å²) >= 11 is 0. The largest absolute Gasteiger partial charge is 0.462 e. The van der Waals surface area contributed by atoms with Crippen molar-refractivity contribution in [1.29, 1.82) is 0 Å². The van der Waals surface area contributed by atoms with E-state index in [-0.39, 0.29) is 29.1 Å². The van der Waals surface area contributed by atoms with E-state index >= 15 is 0 Å². The Balaban J connectivity index is 1.41. The highest BCUT2D eigenvalue weighted by Gasteiger charge is 2.39. The number of aromatic nitrogens is 2. The monoisotopic (exact) mass is 461 g/mol. The molecule has 0 bridgehead atoms. The Morgan fingerprint density at radius 2 is 2.00 bits per heavy atom. The zero-order valence-electron chi connectivity index (χ0n) is 18.7. The molecule has 1 amide bonds. The molecular weight excluding hydrogens is 432 g/mol. The molecule has 1 spiro atoms. The van der Waals surface area contributed by atoms with Crippen molar-refractivity contribution in [3.05, 3.63) is 52.3 Å². The third-order valence-corrected chi connectivity index (χ3v) is 6.56. The molecule has 1 N–H and O–H groups in total. The molecule has 0 aliphatic carbocycles. The Bertz CT molecular complexity index is 998. The lowest BCUT2D eigenvalue weighted by atomic mass is 9.76. The highest BCUT2D eigenvalue weighted by molar-refractivity contribution is 5.97. The number of hydrogen-bond acceptors (Lipinski definition) is 5. The van der Waals surface area contributed by atoms with Crippen LogP contribution >= 0.6 is 0 Å². The highest BCUT2D eigenvalue weighted by Crippen LogP contribution is 2.37. The minimum atomic E-state index is -2.57. The third-order valence-electron chi connectivity index (χ3n) is 6.56. The van der Waals surface area contributed by atoms with Crippen LogP contribution in [0.4, 0.5) is 8.78 Å². The van der Waals surface area contributed by atoms with Gasteiger partial charge in [0.1, 0.15) is 0 Å². The normalized spacial score (nSPS) is 17.5. The van der Waals surface area contributed by atoms with Crippen molar-refractivity contribution in [2.24, 2.45) is 5.41 Å². The molecule has 3 heterocycles. The van der Waals surface area contributed by atoms with Gasteiger partial charge in [-0.2, -0.15) is 5.10 Å². The van der Waals surface area contributed by atoms with E-state index in [0.29, 0.717) is 44.7 Å². The number of nitrogens with zero attached hydrogens (tertiary/aromatic N) is 2. The summed E-state index contributed by atoms with van der Waals surface area (Å²) in [5.41, 5.74) is 2.47. The maximum Gasteiger partial charge on any atom is 0.338 e. The number of fused-ring (bicyclic) bond motifs is 1. The Morgan fingerprint density at radius 3 is 2.67 bits per heavy atom. The lowest BCUT2D eigenvalue weighted by Crippen LogP contribution is -2.40. The van der Waals surface area contributed by atoms with Gasteiger partial charge in [0, 0.05) is 38.3 Å². The molecule has 4 rings (SSSR count). The van der Waals surface area contributed by atoms with Crippen molar-refractivity contribution in [3.63, 3.8) is 0 Å². The lowest BCUT2D eigenvalue weighted by molar-refractivity contribution is 0.0152. The number of hydrogen-bond donors (Lipinski definition) is 1. The maximum absolute atomic E-state index is 12.9. The van der Waals surface area contributed by atoms with Crippen LogP contribution in [-0.4, -0.2) is 48.0 Å². The highest BCUT2D eigenvalue weighted by atomic mass is 19.3. The van der Waals surface area contributed by atoms with Crippen molar-refractivity contribution in [3.8, 4) is 0 Å². The summed E-state index contributed by atoms with van der Waals surface area (Å²) in [5, 5.41) is 7.79. The first-order valence-electron chi connectivity index (χ1n) is 11.4. The summed E-state index contributed by atoms with van der Waals surface area (Å²) in [6.45, 7) is 4.67. The summed E-state index contributed by atoms with van der Waals surface area (Å²) < 4.78 is 38.1. The average Bonchev–Trinajstić information content (AvgIpc) is 3.10. The van der Waals surface area contributed by atoms with Crippen LogP contribution < -0.4 is 5.32 Å². The van der Waals surface area contributed by atoms with Crippen LogP contribution in [0.5, 0.6) is 0 Å². The van der Waals surface area contributed by atoms with Crippen molar-refractivity contribution >= 4 is 11.9 Å². The number of nitrogens with one attached hydrogen (secondary N) is 1. The molecule has 0 radical (unpaired) electrons. The molecule has 178 valence electrons. The lowest BCUT2D eigenvalue weighted by Gasteiger charge is -2.36. The molecule has 0 unspecified atom stereocenters. The van der Waals surface area contributed by atoms with Crippen molar-refractivity contribution in [2.75, 3.05) is 26.4 Å². The SMILES string of the molecule is CCc1nn(CCCOC(=O)c2ccc(C(F)F)cc2)c2c1C(=O)NCC1(CCOCC1)C2. The number of carbonyl (C=O) groups is 2. The molecule has 1 aromatic carbocycles. The van der Waals surface area contributed by atoms with Crippen LogP contribution in [-0.2, 0) is 28.9 Å². The first kappa shape index (κ1) is 23.4. The Kier molecular flexibility index (Phi) is 7.07. The van der Waals surface area contributed by atoms with Gasteiger partial charge in [-0.3, -0.25) is 9.48 Å². The second-order valence-corrected chi connectivity index (χ2v) is 8.73. The van der Waals surface area contributed by atoms with Crippen LogP contribution in [0.3, 0.4) is 0 Å². The number of benzene rings is 1. The van der Waals surface area contributed by atoms with Gasteiger partial charge < -0.3 is 14.8 Å². The number of alkyl halides is 2. The van der Waals surface area contributed by atoms with E-state index in [2.05, 4.69) is 5.32 Å². The smallest absolute Gasteiger partial charge is 0.338 e. The fourth-order valence-electron chi connectivity index (χ4n) is 4.58. The van der Waals surface area contributed by atoms with Gasteiger partial charge in [0.2, 0.25) is 0 Å². The molecule has 2 aromatic rings. The molecule has 2 aliphatic rings. The first-order valence-corrected chi connectivity index (χ1v) is 11.4. The quantitative estimate of drug-likeness (QED) is 0.502. The van der Waals surface area contributed by atoms with Crippen LogP contribution in [0, 0.1) is 5.41 Å². The van der Waals surface area contributed by atoms with Crippen molar-refractivity contribution in [1.82, 2.24) is 15.1 Å². The van der Waals surface area contributed by atoms with Gasteiger partial charge in [-0.1, -0.05) is 19.1 Å². The Morgan fingerprint density at radius 1 is 1.27 bits per heavy atom. The first-order chi connectivity index (χ1) is 15.9. The fourth-order valence-corrected chi connectivity index (χ4v) is 4.58. The molecular formula is C24H29F2N3O4. The standard InChI is InChI=1S/C24H29F2N3O4/c1-2-18-20-19(14-24(15-27-22(20)30)8-12-32-13-9-24)29(28-18)10-3-11-33-23(31)17-6-4-16(5-7-17)21(25)26/h4-7,21H,2-3,8-15H2,1H3,(H,27,30). The Hall–Kier alpha value is -2.81. The molecule has 1 saturated heterocycles. The summed E-state index contributed by atoms with van der Waals surface area (Å²) in [5.74, 6) is -0.625. The average molecular weight is 462 g/mol. The minimum Gasteiger partial charge on any atom is -0.462 e. The maximum atomic E-state index is 12.9. The predicted octanol–water partition coefficient (Wildman–Crippen LogP) is 3.71. The third kappa shape index (κ3) is 5.08. The van der Waals surface area contributed by atoms with Crippen molar-refractivity contribution < 1.29 is 27.8 Å². The number of carbonyl (C=O) groups excluding carboxylic acids is 2. The number of amides is 1. The topological polar surface area (TPSA) is 82.5 Å². The summed E-state index contributed by atoms with van der Waals surface area (Å²) in [6.07, 6.45) is 1.14. The van der Waals surface area contributed by atoms with Crippen molar-refractivity contribution in [2.45, 2.75) is 52.0 Å². The number of rotatable bonds is 7. The van der Waals surface area contributed by atoms with Crippen LogP contribution in [0.1, 0.15) is 70.3 Å². The van der Waals surface area contributed by atoms with E-state index in [4.69, 9.17) is 14.6 Å². The van der Waals surface area contributed by atoms with Gasteiger partial charge in [-0.25, -0.2) is 13.6 Å². The fraction of sp³-hybridized carbons (Fsp3) is 0.542. The van der Waals surface area contributed by atoms with Gasteiger partial charge in [-0.15, -0.1) is 0 Å². The van der Waals surface area contributed by atoms with E-state index in [1.165, 1.54) is 24.3 Å². The molecule has 1 fully saturated rings. The molecule has 2 aliphatic heterocycles. The molecule has 33 heavy (non-hydrogen) atoms. The summed E-state index contributed by atoms with van der Waals surface area (Å²) in [6, 6.07) is 5.14. The molecule has 7 nitrogen and oxygen atoms in total. The zero-order valence-corrected chi connectivity index (χ0v) is 18.7. The predicted molar refractivity (Wildman–Crippen MR) is 116 cm³/mol. The number of esters is 1. The zero-order chi connectivity index (χ0) is 23.4. The Labute approximate surface area is 191 Å². The van der Waals surface area contributed by atoms with Crippen LogP contribution in [0.2, 0.25) is 0 Å². The van der Waals surface area contributed by atoms with E-state index in [9.17, 15) is 18.4 Å². The van der Waals surface area contributed by atoms with Gasteiger partial charge in [0.15, 0.2) is 0 Å². The van der Waals surface area contributed by atoms with Crippen LogP contribution in [0.15, 0.2) is 24.3 Å². The number of aryl methyl sites for hydroxylation is 2. The van der Waals surface area contributed by atoms with E-state index in [1.54, 1.807) is 0 Å². The number of halogens is 2. The number of ether oxygens (including phenoxy) is 2. The molecule has 9 heteroatoms. The molecule has 1 aromatic heterocycles. The van der Waals surface area contributed by atoms with Crippen LogP contribution in [0.25, 0.3) is 0 Å².